The molecule has 1 aromatic rings. The standard InChI is InChI=1S/C13H20N4O/c14-11-9-17(10-5-1-2-6-10)15-12(11)13(18)16-7-3-4-8-16/h9-10H,1-8,14H2. The van der Waals surface area contributed by atoms with Crippen molar-refractivity contribution in [1.29, 1.82) is 0 Å². The van der Waals surface area contributed by atoms with E-state index >= 15 is 0 Å². The molecule has 2 N–H and O–H groups in total. The molecule has 1 aromatic heterocycles. The zero-order valence-corrected chi connectivity index (χ0v) is 10.6. The van der Waals surface area contributed by atoms with Crippen LogP contribution in [0.4, 0.5) is 5.69 Å². The van der Waals surface area contributed by atoms with E-state index in [0.717, 1.165) is 38.8 Å². The average molecular weight is 248 g/mol. The van der Waals surface area contributed by atoms with E-state index in [1.807, 2.05) is 15.8 Å². The van der Waals surface area contributed by atoms with Gasteiger partial charge in [-0.25, -0.2) is 0 Å². The summed E-state index contributed by atoms with van der Waals surface area (Å²) in [5.74, 6) is 0.00162. The van der Waals surface area contributed by atoms with Gasteiger partial charge in [0.1, 0.15) is 0 Å². The Labute approximate surface area is 107 Å². The molecule has 2 heterocycles. The second-order valence-corrected chi connectivity index (χ2v) is 5.35. The Morgan fingerprint density at radius 3 is 2.56 bits per heavy atom. The third-order valence-corrected chi connectivity index (χ3v) is 4.05. The molecule has 0 unspecified atom stereocenters. The molecule has 5 heteroatoms. The number of likely N-dealkylation sites (tertiary alicyclic amines) is 1. The lowest BCUT2D eigenvalue weighted by molar-refractivity contribution is 0.0786. The Morgan fingerprint density at radius 1 is 1.22 bits per heavy atom. The SMILES string of the molecule is Nc1cn(C2CCCC2)nc1C(=O)N1CCCC1. The molecular formula is C13H20N4O. The lowest BCUT2D eigenvalue weighted by Crippen LogP contribution is -2.28. The molecule has 2 aliphatic rings. The average Bonchev–Trinajstić information content (AvgIpc) is 3.10. The molecule has 1 saturated heterocycles. The normalized spacial score (nSPS) is 20.8. The third kappa shape index (κ3) is 1.98. The van der Waals surface area contributed by atoms with Gasteiger partial charge in [0.05, 0.1) is 11.7 Å². The van der Waals surface area contributed by atoms with Crippen LogP contribution in [0.25, 0.3) is 0 Å². The minimum absolute atomic E-state index is 0.00162. The van der Waals surface area contributed by atoms with Gasteiger partial charge in [-0.05, 0) is 25.7 Å². The van der Waals surface area contributed by atoms with E-state index in [9.17, 15) is 4.79 Å². The van der Waals surface area contributed by atoms with Crippen molar-refractivity contribution in [3.8, 4) is 0 Å². The number of nitrogens with zero attached hydrogens (tertiary/aromatic N) is 3. The molecule has 1 aliphatic heterocycles. The maximum absolute atomic E-state index is 12.3. The van der Waals surface area contributed by atoms with Gasteiger partial charge >= 0.3 is 0 Å². The Bertz CT molecular complexity index is 442. The van der Waals surface area contributed by atoms with Gasteiger partial charge in [0, 0.05) is 19.3 Å². The molecule has 0 radical (unpaired) electrons. The van der Waals surface area contributed by atoms with Crippen molar-refractivity contribution in [2.45, 2.75) is 44.6 Å². The van der Waals surface area contributed by atoms with Crippen LogP contribution in [0.3, 0.4) is 0 Å². The summed E-state index contributed by atoms with van der Waals surface area (Å²) >= 11 is 0. The van der Waals surface area contributed by atoms with E-state index in [4.69, 9.17) is 5.73 Å². The van der Waals surface area contributed by atoms with Crippen LogP contribution in [0, 0.1) is 0 Å². The van der Waals surface area contributed by atoms with Crippen molar-refractivity contribution in [2.75, 3.05) is 18.8 Å². The highest BCUT2D eigenvalue weighted by Gasteiger charge is 2.26. The van der Waals surface area contributed by atoms with E-state index in [1.165, 1.54) is 12.8 Å². The van der Waals surface area contributed by atoms with Crippen LogP contribution in [0.1, 0.15) is 55.1 Å². The first-order chi connectivity index (χ1) is 8.75. The van der Waals surface area contributed by atoms with Gasteiger partial charge in [-0.15, -0.1) is 0 Å². The second-order valence-electron chi connectivity index (χ2n) is 5.35. The third-order valence-electron chi connectivity index (χ3n) is 4.05. The number of carbonyl (C=O) groups is 1. The van der Waals surface area contributed by atoms with Gasteiger partial charge in [0.2, 0.25) is 0 Å². The van der Waals surface area contributed by atoms with Crippen LogP contribution in [0.2, 0.25) is 0 Å². The summed E-state index contributed by atoms with van der Waals surface area (Å²) in [6, 6.07) is 0.437. The number of amides is 1. The van der Waals surface area contributed by atoms with E-state index in [2.05, 4.69) is 5.10 Å². The molecule has 0 bridgehead atoms. The fourth-order valence-electron chi connectivity index (χ4n) is 3.00. The fraction of sp³-hybridized carbons (Fsp3) is 0.692. The lowest BCUT2D eigenvalue weighted by atomic mass is 10.3. The summed E-state index contributed by atoms with van der Waals surface area (Å²) in [5, 5.41) is 4.44. The first-order valence-electron chi connectivity index (χ1n) is 6.89. The molecule has 1 saturated carbocycles. The van der Waals surface area contributed by atoms with Gasteiger partial charge in [0.15, 0.2) is 5.69 Å². The topological polar surface area (TPSA) is 64.2 Å². The highest BCUT2D eigenvalue weighted by molar-refractivity contribution is 5.97. The second kappa shape index (κ2) is 4.63. The predicted octanol–water partition coefficient (Wildman–Crippen LogP) is 1.82. The predicted molar refractivity (Wildman–Crippen MR) is 69.3 cm³/mol. The van der Waals surface area contributed by atoms with E-state index in [-0.39, 0.29) is 5.91 Å². The zero-order chi connectivity index (χ0) is 12.5. The number of anilines is 1. The van der Waals surface area contributed by atoms with Crippen molar-refractivity contribution in [1.82, 2.24) is 14.7 Å². The number of nitrogens with two attached hydrogens (primary N) is 1. The van der Waals surface area contributed by atoms with E-state index in [1.54, 1.807) is 0 Å². The summed E-state index contributed by atoms with van der Waals surface area (Å²) in [6.45, 7) is 1.68. The monoisotopic (exact) mass is 248 g/mol. The molecule has 5 nitrogen and oxygen atoms in total. The molecule has 0 spiro atoms. The van der Waals surface area contributed by atoms with Gasteiger partial charge in [0.25, 0.3) is 5.91 Å². The van der Waals surface area contributed by atoms with Crippen LogP contribution in [-0.2, 0) is 0 Å². The first-order valence-corrected chi connectivity index (χ1v) is 6.89. The molecule has 18 heavy (non-hydrogen) atoms. The van der Waals surface area contributed by atoms with Crippen LogP contribution < -0.4 is 5.73 Å². The minimum Gasteiger partial charge on any atom is -0.396 e. The number of rotatable bonds is 2. The van der Waals surface area contributed by atoms with Gasteiger partial charge < -0.3 is 10.6 Å². The van der Waals surface area contributed by atoms with Crippen LogP contribution >= 0.6 is 0 Å². The fourth-order valence-corrected chi connectivity index (χ4v) is 3.00. The molecular weight excluding hydrogens is 228 g/mol. The van der Waals surface area contributed by atoms with Gasteiger partial charge in [-0.2, -0.15) is 5.10 Å². The maximum atomic E-state index is 12.3. The molecule has 0 atom stereocenters. The number of carbonyl (C=O) groups excluding carboxylic acids is 1. The molecule has 98 valence electrons. The van der Waals surface area contributed by atoms with Crippen molar-refractivity contribution in [3.63, 3.8) is 0 Å². The highest BCUT2D eigenvalue weighted by atomic mass is 16.2. The molecule has 0 aromatic carbocycles. The largest absolute Gasteiger partial charge is 0.396 e. The summed E-state index contributed by atoms with van der Waals surface area (Å²) in [4.78, 5) is 14.1. The molecule has 2 fully saturated rings. The quantitative estimate of drug-likeness (QED) is 0.868. The summed E-state index contributed by atoms with van der Waals surface area (Å²) in [5.41, 5.74) is 6.92. The number of nitrogen functional groups attached to an aromatic ring is 1. The van der Waals surface area contributed by atoms with Crippen LogP contribution in [-0.4, -0.2) is 33.7 Å². The van der Waals surface area contributed by atoms with E-state index < -0.39 is 0 Å². The molecule has 1 amide bonds. The summed E-state index contributed by atoms with van der Waals surface area (Å²) in [6.07, 6.45) is 8.82. The Morgan fingerprint density at radius 2 is 1.89 bits per heavy atom. The zero-order valence-electron chi connectivity index (χ0n) is 10.6. The van der Waals surface area contributed by atoms with E-state index in [0.29, 0.717) is 17.4 Å². The minimum atomic E-state index is 0.00162. The summed E-state index contributed by atoms with van der Waals surface area (Å²) < 4.78 is 1.91. The van der Waals surface area contributed by atoms with Crippen molar-refractivity contribution >= 4 is 11.6 Å². The summed E-state index contributed by atoms with van der Waals surface area (Å²) in [7, 11) is 0. The lowest BCUT2D eigenvalue weighted by Gasteiger charge is -2.13. The Balaban J connectivity index is 1.81. The number of hydrogen-bond acceptors (Lipinski definition) is 3. The van der Waals surface area contributed by atoms with Crippen molar-refractivity contribution < 1.29 is 4.79 Å². The first kappa shape index (κ1) is 11.6. The number of aromatic nitrogens is 2. The Hall–Kier alpha value is -1.52. The van der Waals surface area contributed by atoms with Gasteiger partial charge in [-0.1, -0.05) is 12.8 Å². The molecule has 3 rings (SSSR count). The van der Waals surface area contributed by atoms with Crippen molar-refractivity contribution in [2.24, 2.45) is 0 Å². The van der Waals surface area contributed by atoms with Gasteiger partial charge in [-0.3, -0.25) is 9.48 Å². The number of hydrogen-bond donors (Lipinski definition) is 1. The highest BCUT2D eigenvalue weighted by Crippen LogP contribution is 2.30. The maximum Gasteiger partial charge on any atom is 0.276 e. The molecule has 1 aliphatic carbocycles. The Kier molecular flexibility index (Phi) is 2.97. The van der Waals surface area contributed by atoms with Crippen molar-refractivity contribution in [3.05, 3.63) is 11.9 Å². The smallest absolute Gasteiger partial charge is 0.276 e. The van der Waals surface area contributed by atoms with Crippen LogP contribution in [0.5, 0.6) is 0 Å². The van der Waals surface area contributed by atoms with Crippen LogP contribution in [0.15, 0.2) is 6.20 Å².